The van der Waals surface area contributed by atoms with E-state index in [-0.39, 0.29) is 11.5 Å². The van der Waals surface area contributed by atoms with Crippen LogP contribution >= 0.6 is 0 Å². The number of anilines is 1. The number of nitrogens with one attached hydrogen (secondary N) is 1. The lowest BCUT2D eigenvalue weighted by molar-refractivity contribution is 0.368. The maximum atomic E-state index is 11.4. The van der Waals surface area contributed by atoms with E-state index < -0.39 is 9.84 Å². The van der Waals surface area contributed by atoms with Crippen molar-refractivity contribution in [3.05, 3.63) is 18.2 Å². The molecule has 0 aliphatic heterocycles. The molecular weight excluding hydrogens is 240 g/mol. The van der Waals surface area contributed by atoms with Crippen LogP contribution in [-0.4, -0.2) is 27.8 Å². The summed E-state index contributed by atoms with van der Waals surface area (Å²) in [4.78, 5) is 0.173. The van der Waals surface area contributed by atoms with Gasteiger partial charge in [0.25, 0.3) is 0 Å². The molecule has 0 atom stereocenters. The summed E-state index contributed by atoms with van der Waals surface area (Å²) in [6.07, 6.45) is 1.13. The molecule has 0 aliphatic carbocycles. The van der Waals surface area contributed by atoms with Crippen LogP contribution in [0.4, 0.5) is 5.69 Å². The van der Waals surface area contributed by atoms with Crippen LogP contribution in [0.15, 0.2) is 23.1 Å². The van der Waals surface area contributed by atoms with Crippen molar-refractivity contribution >= 4 is 15.5 Å². The van der Waals surface area contributed by atoms with E-state index in [1.807, 2.05) is 13.0 Å². The van der Waals surface area contributed by atoms with E-state index in [0.717, 1.165) is 6.26 Å². The Morgan fingerprint density at radius 2 is 2.18 bits per heavy atom. The van der Waals surface area contributed by atoms with E-state index in [2.05, 4.69) is 5.32 Å². The molecule has 0 radical (unpaired) electrons. The zero-order valence-electron chi connectivity index (χ0n) is 9.73. The molecule has 0 unspecified atom stereocenters. The van der Waals surface area contributed by atoms with E-state index in [1.165, 1.54) is 12.1 Å². The van der Waals surface area contributed by atoms with Crippen molar-refractivity contribution in [2.75, 3.05) is 24.7 Å². The second kappa shape index (κ2) is 5.55. The Balaban J connectivity index is 3.15. The Hall–Kier alpha value is -1.74. The maximum Gasteiger partial charge on any atom is 0.175 e. The van der Waals surface area contributed by atoms with Crippen LogP contribution in [0.3, 0.4) is 0 Å². The molecule has 0 bridgehead atoms. The van der Waals surface area contributed by atoms with Crippen LogP contribution in [-0.2, 0) is 9.84 Å². The summed E-state index contributed by atoms with van der Waals surface area (Å²) in [5.74, 6) is 0.372. The van der Waals surface area contributed by atoms with Crippen molar-refractivity contribution in [3.8, 4) is 11.8 Å². The minimum Gasteiger partial charge on any atom is -0.477 e. The Morgan fingerprint density at radius 1 is 1.47 bits per heavy atom. The predicted octanol–water partition coefficient (Wildman–Crippen LogP) is 1.42. The van der Waals surface area contributed by atoms with Gasteiger partial charge in [-0.1, -0.05) is 0 Å². The van der Waals surface area contributed by atoms with Crippen LogP contribution in [0, 0.1) is 11.3 Å². The minimum absolute atomic E-state index is 0.119. The Kier molecular flexibility index (Phi) is 4.35. The highest BCUT2D eigenvalue weighted by atomic mass is 32.2. The summed E-state index contributed by atoms with van der Waals surface area (Å²) < 4.78 is 28.0. The monoisotopic (exact) mass is 254 g/mol. The van der Waals surface area contributed by atoms with Gasteiger partial charge in [-0.05, 0) is 19.1 Å². The van der Waals surface area contributed by atoms with Gasteiger partial charge in [-0.2, -0.15) is 5.26 Å². The molecule has 0 saturated heterocycles. The SMILES string of the molecule is CCNc1ccc(S(C)(=O)=O)cc1OCC#N. The fraction of sp³-hybridized carbons (Fsp3) is 0.364. The third-order valence-electron chi connectivity index (χ3n) is 2.04. The van der Waals surface area contributed by atoms with Crippen molar-refractivity contribution in [1.82, 2.24) is 0 Å². The molecule has 0 spiro atoms. The number of benzene rings is 1. The van der Waals surface area contributed by atoms with Crippen LogP contribution in [0.2, 0.25) is 0 Å². The van der Waals surface area contributed by atoms with Crippen LogP contribution in [0.25, 0.3) is 0 Å². The highest BCUT2D eigenvalue weighted by molar-refractivity contribution is 7.90. The molecule has 1 rings (SSSR count). The summed E-state index contributed by atoms with van der Waals surface area (Å²) in [6, 6.07) is 6.40. The van der Waals surface area contributed by atoms with E-state index in [4.69, 9.17) is 10.00 Å². The minimum atomic E-state index is -3.27. The lowest BCUT2D eigenvalue weighted by Crippen LogP contribution is -2.04. The van der Waals surface area contributed by atoms with Crippen LogP contribution in [0.1, 0.15) is 6.92 Å². The molecule has 1 N–H and O–H groups in total. The van der Waals surface area contributed by atoms with Gasteiger partial charge < -0.3 is 10.1 Å². The van der Waals surface area contributed by atoms with Crippen molar-refractivity contribution in [1.29, 1.82) is 5.26 Å². The molecule has 0 saturated carbocycles. The number of hydrogen-bond donors (Lipinski definition) is 1. The van der Waals surface area contributed by atoms with Crippen LogP contribution < -0.4 is 10.1 Å². The molecule has 0 heterocycles. The predicted molar refractivity (Wildman–Crippen MR) is 64.8 cm³/mol. The van der Waals surface area contributed by atoms with Crippen molar-refractivity contribution < 1.29 is 13.2 Å². The number of rotatable bonds is 5. The fourth-order valence-corrected chi connectivity index (χ4v) is 1.94. The normalized spacial score (nSPS) is 10.6. The average molecular weight is 254 g/mol. The largest absolute Gasteiger partial charge is 0.477 e. The van der Waals surface area contributed by atoms with Gasteiger partial charge in [-0.3, -0.25) is 0 Å². The summed E-state index contributed by atoms with van der Waals surface area (Å²) >= 11 is 0. The van der Waals surface area contributed by atoms with E-state index >= 15 is 0 Å². The number of nitriles is 1. The van der Waals surface area contributed by atoms with Gasteiger partial charge in [0.05, 0.1) is 10.6 Å². The van der Waals surface area contributed by atoms with E-state index in [1.54, 1.807) is 6.07 Å². The number of ether oxygens (including phenoxy) is 1. The second-order valence-corrected chi connectivity index (χ2v) is 5.42. The molecule has 1 aromatic rings. The summed E-state index contributed by atoms with van der Waals surface area (Å²) in [6.45, 7) is 2.48. The standard InChI is InChI=1S/C11H14N2O3S/c1-3-13-10-5-4-9(17(2,14)15)8-11(10)16-7-6-12/h4-5,8,13H,3,7H2,1-2H3. The van der Waals surface area contributed by atoms with Gasteiger partial charge >= 0.3 is 0 Å². The highest BCUT2D eigenvalue weighted by Crippen LogP contribution is 2.27. The van der Waals surface area contributed by atoms with Gasteiger partial charge in [0.1, 0.15) is 11.8 Å². The lowest BCUT2D eigenvalue weighted by atomic mass is 10.3. The lowest BCUT2D eigenvalue weighted by Gasteiger charge is -2.11. The topological polar surface area (TPSA) is 79.2 Å². The molecule has 92 valence electrons. The van der Waals surface area contributed by atoms with E-state index in [0.29, 0.717) is 18.0 Å². The van der Waals surface area contributed by atoms with Crippen LogP contribution in [0.5, 0.6) is 5.75 Å². The zero-order valence-corrected chi connectivity index (χ0v) is 10.5. The van der Waals surface area contributed by atoms with Gasteiger partial charge in [0.15, 0.2) is 16.4 Å². The van der Waals surface area contributed by atoms with Crippen molar-refractivity contribution in [3.63, 3.8) is 0 Å². The Bertz CT molecular complexity index is 532. The van der Waals surface area contributed by atoms with Crippen molar-refractivity contribution in [2.45, 2.75) is 11.8 Å². The van der Waals surface area contributed by atoms with E-state index in [9.17, 15) is 8.42 Å². The molecule has 5 nitrogen and oxygen atoms in total. The molecule has 1 aromatic carbocycles. The van der Waals surface area contributed by atoms with Crippen molar-refractivity contribution in [2.24, 2.45) is 0 Å². The Morgan fingerprint density at radius 3 is 2.71 bits per heavy atom. The fourth-order valence-electron chi connectivity index (χ4n) is 1.30. The van der Waals surface area contributed by atoms with Gasteiger partial charge in [-0.25, -0.2) is 8.42 Å². The average Bonchev–Trinajstić information content (AvgIpc) is 2.26. The number of sulfone groups is 1. The third-order valence-corrected chi connectivity index (χ3v) is 3.15. The summed E-state index contributed by atoms with van der Waals surface area (Å²) in [5.41, 5.74) is 0.676. The third kappa shape index (κ3) is 3.64. The first-order valence-electron chi connectivity index (χ1n) is 5.06. The molecule has 6 heteroatoms. The number of hydrogen-bond acceptors (Lipinski definition) is 5. The maximum absolute atomic E-state index is 11.4. The van der Waals surface area contributed by atoms with Gasteiger partial charge in [0.2, 0.25) is 0 Å². The first kappa shape index (κ1) is 13.3. The highest BCUT2D eigenvalue weighted by Gasteiger charge is 2.11. The molecule has 0 aliphatic rings. The molecule has 17 heavy (non-hydrogen) atoms. The number of nitrogens with zero attached hydrogens (tertiary/aromatic N) is 1. The first-order chi connectivity index (χ1) is 7.99. The van der Waals surface area contributed by atoms with Gasteiger partial charge in [0, 0.05) is 18.9 Å². The second-order valence-electron chi connectivity index (χ2n) is 3.41. The molecular formula is C11H14N2O3S. The quantitative estimate of drug-likeness (QED) is 0.859. The zero-order chi connectivity index (χ0) is 12.9. The Labute approximate surface area is 101 Å². The first-order valence-corrected chi connectivity index (χ1v) is 6.96. The molecule has 0 fully saturated rings. The summed E-state index contributed by atoms with van der Waals surface area (Å²) in [5, 5.41) is 11.5. The summed E-state index contributed by atoms with van der Waals surface area (Å²) in [7, 11) is -3.27. The van der Waals surface area contributed by atoms with Gasteiger partial charge in [-0.15, -0.1) is 0 Å². The smallest absolute Gasteiger partial charge is 0.175 e. The molecule has 0 amide bonds. The molecule has 0 aromatic heterocycles.